The standard InChI is InChI=1S/C19H15Cl2N3O2/c1-26-14-8-5-12(6-9-14)23-13-7-10-17(22-11-13)19(25)24-18-15(20)3-2-4-16(18)21/h2-11,23H,1H3,(H,24,25). The van der Waals surface area contributed by atoms with Crippen LogP contribution < -0.4 is 15.4 Å². The van der Waals surface area contributed by atoms with Crippen LogP contribution in [0.4, 0.5) is 17.1 Å². The zero-order valence-corrected chi connectivity index (χ0v) is 15.3. The maximum absolute atomic E-state index is 12.3. The van der Waals surface area contributed by atoms with Crippen molar-refractivity contribution in [1.82, 2.24) is 4.98 Å². The molecule has 1 aromatic heterocycles. The number of aromatic nitrogens is 1. The molecule has 0 aliphatic heterocycles. The SMILES string of the molecule is COc1ccc(Nc2ccc(C(=O)Nc3c(Cl)cccc3Cl)nc2)cc1. The Bertz CT molecular complexity index is 893. The van der Waals surface area contributed by atoms with Crippen LogP contribution in [0.3, 0.4) is 0 Å². The number of nitrogens with one attached hydrogen (secondary N) is 2. The molecule has 3 rings (SSSR count). The van der Waals surface area contributed by atoms with Crippen LogP contribution in [0, 0.1) is 0 Å². The van der Waals surface area contributed by atoms with Gasteiger partial charge >= 0.3 is 0 Å². The average molecular weight is 388 g/mol. The Labute approximate surface area is 160 Å². The Hall–Kier alpha value is -2.76. The van der Waals surface area contributed by atoms with Crippen molar-refractivity contribution in [2.75, 3.05) is 17.7 Å². The minimum atomic E-state index is -0.393. The molecule has 0 atom stereocenters. The highest BCUT2D eigenvalue weighted by molar-refractivity contribution is 6.40. The predicted octanol–water partition coefficient (Wildman–Crippen LogP) is 5.39. The molecule has 0 aliphatic carbocycles. The first-order valence-corrected chi connectivity index (χ1v) is 8.45. The van der Waals surface area contributed by atoms with E-state index in [1.807, 2.05) is 24.3 Å². The monoisotopic (exact) mass is 387 g/mol. The summed E-state index contributed by atoms with van der Waals surface area (Å²) in [5, 5.41) is 6.60. The van der Waals surface area contributed by atoms with E-state index >= 15 is 0 Å². The van der Waals surface area contributed by atoms with Gasteiger partial charge in [-0.25, -0.2) is 4.98 Å². The molecule has 0 aliphatic rings. The number of para-hydroxylation sites is 1. The highest BCUT2D eigenvalue weighted by Gasteiger charge is 2.12. The fourth-order valence-electron chi connectivity index (χ4n) is 2.24. The van der Waals surface area contributed by atoms with Crippen molar-refractivity contribution >= 4 is 46.2 Å². The van der Waals surface area contributed by atoms with Gasteiger partial charge in [-0.3, -0.25) is 4.79 Å². The molecule has 0 bridgehead atoms. The van der Waals surface area contributed by atoms with Crippen molar-refractivity contribution in [3.05, 3.63) is 76.5 Å². The predicted molar refractivity (Wildman–Crippen MR) is 105 cm³/mol. The molecule has 1 amide bonds. The van der Waals surface area contributed by atoms with E-state index in [9.17, 15) is 4.79 Å². The van der Waals surface area contributed by atoms with E-state index in [-0.39, 0.29) is 5.69 Å². The van der Waals surface area contributed by atoms with Gasteiger partial charge in [0, 0.05) is 5.69 Å². The molecular formula is C19H15Cl2N3O2. The number of carbonyl (C=O) groups is 1. The van der Waals surface area contributed by atoms with Crippen molar-refractivity contribution in [1.29, 1.82) is 0 Å². The van der Waals surface area contributed by atoms with Crippen LogP contribution in [0.2, 0.25) is 10.0 Å². The van der Waals surface area contributed by atoms with Gasteiger partial charge in [-0.2, -0.15) is 0 Å². The lowest BCUT2D eigenvalue weighted by atomic mass is 10.2. The fraction of sp³-hybridized carbons (Fsp3) is 0.0526. The van der Waals surface area contributed by atoms with Crippen molar-refractivity contribution in [3.63, 3.8) is 0 Å². The third kappa shape index (κ3) is 4.25. The summed E-state index contributed by atoms with van der Waals surface area (Å²) >= 11 is 12.1. The second-order valence-electron chi connectivity index (χ2n) is 5.34. The number of rotatable bonds is 5. The molecule has 2 N–H and O–H groups in total. The Kier molecular flexibility index (Phi) is 5.61. The first kappa shape index (κ1) is 18.0. The molecule has 3 aromatic rings. The maximum atomic E-state index is 12.3. The molecule has 26 heavy (non-hydrogen) atoms. The van der Waals surface area contributed by atoms with E-state index in [1.54, 1.807) is 43.6 Å². The zero-order chi connectivity index (χ0) is 18.5. The number of carbonyl (C=O) groups excluding carboxylic acids is 1. The van der Waals surface area contributed by atoms with Crippen LogP contribution >= 0.6 is 23.2 Å². The highest BCUT2D eigenvalue weighted by atomic mass is 35.5. The van der Waals surface area contributed by atoms with Gasteiger partial charge in [0.2, 0.25) is 0 Å². The van der Waals surface area contributed by atoms with Gasteiger partial charge in [0.05, 0.1) is 34.7 Å². The lowest BCUT2D eigenvalue weighted by Crippen LogP contribution is -2.14. The number of hydrogen-bond donors (Lipinski definition) is 2. The molecule has 0 radical (unpaired) electrons. The Morgan fingerprint density at radius 3 is 2.19 bits per heavy atom. The van der Waals surface area contributed by atoms with Crippen molar-refractivity contribution in [3.8, 4) is 5.75 Å². The van der Waals surface area contributed by atoms with Crippen LogP contribution in [0.25, 0.3) is 0 Å². The van der Waals surface area contributed by atoms with E-state index in [1.165, 1.54) is 0 Å². The van der Waals surface area contributed by atoms with Gasteiger partial charge in [0.1, 0.15) is 11.4 Å². The number of nitrogens with zero attached hydrogens (tertiary/aromatic N) is 1. The molecular weight excluding hydrogens is 373 g/mol. The number of halogens is 2. The largest absolute Gasteiger partial charge is 0.497 e. The second-order valence-corrected chi connectivity index (χ2v) is 6.15. The molecule has 7 heteroatoms. The maximum Gasteiger partial charge on any atom is 0.274 e. The summed E-state index contributed by atoms with van der Waals surface area (Å²) in [6.45, 7) is 0. The Morgan fingerprint density at radius 2 is 1.62 bits per heavy atom. The zero-order valence-electron chi connectivity index (χ0n) is 13.8. The molecule has 0 saturated heterocycles. The number of benzene rings is 2. The number of hydrogen-bond acceptors (Lipinski definition) is 4. The number of methoxy groups -OCH3 is 1. The quantitative estimate of drug-likeness (QED) is 0.615. The van der Waals surface area contributed by atoms with E-state index in [4.69, 9.17) is 27.9 Å². The molecule has 2 aromatic carbocycles. The number of amides is 1. The van der Waals surface area contributed by atoms with Gasteiger partial charge in [0.25, 0.3) is 5.91 Å². The van der Waals surface area contributed by atoms with E-state index in [2.05, 4.69) is 15.6 Å². The van der Waals surface area contributed by atoms with Crippen molar-refractivity contribution in [2.24, 2.45) is 0 Å². The molecule has 5 nitrogen and oxygen atoms in total. The van der Waals surface area contributed by atoms with E-state index in [0.29, 0.717) is 15.7 Å². The van der Waals surface area contributed by atoms with Crippen LogP contribution in [0.1, 0.15) is 10.5 Å². The first-order chi connectivity index (χ1) is 12.6. The Morgan fingerprint density at radius 1 is 0.962 bits per heavy atom. The van der Waals surface area contributed by atoms with Gasteiger partial charge in [-0.15, -0.1) is 0 Å². The van der Waals surface area contributed by atoms with Crippen molar-refractivity contribution in [2.45, 2.75) is 0 Å². The topological polar surface area (TPSA) is 63.2 Å². The summed E-state index contributed by atoms with van der Waals surface area (Å²) in [6, 6.07) is 15.9. The second kappa shape index (κ2) is 8.08. The van der Waals surface area contributed by atoms with E-state index < -0.39 is 5.91 Å². The molecule has 0 saturated carbocycles. The molecule has 132 valence electrons. The lowest BCUT2D eigenvalue weighted by Gasteiger charge is -2.10. The smallest absolute Gasteiger partial charge is 0.274 e. The molecule has 0 unspecified atom stereocenters. The van der Waals surface area contributed by atoms with Crippen molar-refractivity contribution < 1.29 is 9.53 Å². The number of ether oxygens (including phenoxy) is 1. The minimum absolute atomic E-state index is 0.251. The van der Waals surface area contributed by atoms with Crippen LogP contribution in [-0.2, 0) is 0 Å². The number of pyridine rings is 1. The summed E-state index contributed by atoms with van der Waals surface area (Å²) < 4.78 is 5.12. The summed E-state index contributed by atoms with van der Waals surface area (Å²) in [6.07, 6.45) is 1.58. The molecule has 0 fully saturated rings. The van der Waals surface area contributed by atoms with Crippen LogP contribution in [0.5, 0.6) is 5.75 Å². The van der Waals surface area contributed by atoms with Crippen LogP contribution in [0.15, 0.2) is 60.8 Å². The highest BCUT2D eigenvalue weighted by Crippen LogP contribution is 2.30. The third-order valence-electron chi connectivity index (χ3n) is 3.58. The molecule has 0 spiro atoms. The van der Waals surface area contributed by atoms with Gasteiger partial charge in [-0.05, 0) is 48.5 Å². The van der Waals surface area contributed by atoms with Crippen LogP contribution in [-0.4, -0.2) is 18.0 Å². The molecule has 1 heterocycles. The van der Waals surface area contributed by atoms with E-state index in [0.717, 1.165) is 17.1 Å². The van der Waals surface area contributed by atoms with Gasteiger partial charge < -0.3 is 15.4 Å². The fourth-order valence-corrected chi connectivity index (χ4v) is 2.73. The minimum Gasteiger partial charge on any atom is -0.497 e. The first-order valence-electron chi connectivity index (χ1n) is 7.69. The van der Waals surface area contributed by atoms with Gasteiger partial charge in [-0.1, -0.05) is 29.3 Å². The summed E-state index contributed by atoms with van der Waals surface area (Å²) in [5.74, 6) is 0.384. The Balaban J connectivity index is 1.69. The number of anilines is 3. The normalized spacial score (nSPS) is 10.3. The lowest BCUT2D eigenvalue weighted by molar-refractivity contribution is 0.102. The third-order valence-corrected chi connectivity index (χ3v) is 4.21. The van der Waals surface area contributed by atoms with Gasteiger partial charge in [0.15, 0.2) is 0 Å². The summed E-state index contributed by atoms with van der Waals surface area (Å²) in [7, 11) is 1.62. The summed E-state index contributed by atoms with van der Waals surface area (Å²) in [4.78, 5) is 16.5. The average Bonchev–Trinajstić information content (AvgIpc) is 2.66. The summed E-state index contributed by atoms with van der Waals surface area (Å²) in [5.41, 5.74) is 2.25.